The molecule has 98 valence electrons. The Bertz CT molecular complexity index is 431. The third-order valence-corrected chi connectivity index (χ3v) is 3.18. The van der Waals surface area contributed by atoms with Gasteiger partial charge in [0, 0.05) is 13.1 Å². The topological polar surface area (TPSA) is 49.8 Å². The Morgan fingerprint density at radius 1 is 1.44 bits per heavy atom. The van der Waals surface area contributed by atoms with Crippen molar-refractivity contribution in [1.29, 1.82) is 0 Å². The number of carbonyl (C=O) groups excluding carboxylic acids is 1. The molecule has 1 aliphatic rings. The summed E-state index contributed by atoms with van der Waals surface area (Å²) < 4.78 is 5.20. The van der Waals surface area contributed by atoms with Gasteiger partial charge < -0.3 is 14.7 Å². The van der Waals surface area contributed by atoms with Crippen LogP contribution in [0.1, 0.15) is 30.9 Å². The Balaban J connectivity index is 1.95. The largest absolute Gasteiger partial charge is 0.508 e. The molecule has 1 aromatic carbocycles. The summed E-state index contributed by atoms with van der Waals surface area (Å²) in [6.45, 7) is 3.79. The predicted molar refractivity (Wildman–Crippen MR) is 68.5 cm³/mol. The highest BCUT2D eigenvalue weighted by molar-refractivity contribution is 5.68. The number of phenolic OH excluding ortho intramolecular Hbond substituents is 1. The summed E-state index contributed by atoms with van der Waals surface area (Å²) in [6, 6.07) is 5.30. The molecular formula is C14H19NO3. The number of unbranched alkanes of at least 4 members (excludes halogenated alkanes) is 1. The molecule has 1 aliphatic heterocycles. The van der Waals surface area contributed by atoms with Gasteiger partial charge in [-0.15, -0.1) is 0 Å². The number of phenols is 1. The van der Waals surface area contributed by atoms with Gasteiger partial charge >= 0.3 is 6.09 Å². The fourth-order valence-electron chi connectivity index (χ4n) is 2.09. The summed E-state index contributed by atoms with van der Waals surface area (Å²) in [4.78, 5) is 13.5. The second kappa shape index (κ2) is 5.76. The number of carbonyl (C=O) groups is 1. The maximum absolute atomic E-state index is 11.8. The molecule has 2 rings (SSSR count). The van der Waals surface area contributed by atoms with Gasteiger partial charge in [0.25, 0.3) is 0 Å². The second-order valence-electron chi connectivity index (χ2n) is 4.59. The lowest BCUT2D eigenvalue weighted by Crippen LogP contribution is -2.36. The van der Waals surface area contributed by atoms with Crippen molar-refractivity contribution in [1.82, 2.24) is 4.90 Å². The van der Waals surface area contributed by atoms with E-state index < -0.39 is 0 Å². The number of aromatic hydroxyl groups is 1. The van der Waals surface area contributed by atoms with Crippen molar-refractivity contribution in [2.75, 3.05) is 13.2 Å². The molecule has 0 unspecified atom stereocenters. The van der Waals surface area contributed by atoms with Crippen LogP contribution in [0.4, 0.5) is 4.79 Å². The number of fused-ring (bicyclic) bond motifs is 1. The van der Waals surface area contributed by atoms with Crippen LogP contribution in [0.15, 0.2) is 18.2 Å². The number of rotatable bonds is 3. The highest BCUT2D eigenvalue weighted by Crippen LogP contribution is 2.23. The third kappa shape index (κ3) is 2.94. The van der Waals surface area contributed by atoms with E-state index in [4.69, 9.17) is 4.74 Å². The lowest BCUT2D eigenvalue weighted by molar-refractivity contribution is 0.0966. The number of ether oxygens (including phenoxy) is 1. The van der Waals surface area contributed by atoms with Gasteiger partial charge in [-0.3, -0.25) is 0 Å². The normalized spacial score (nSPS) is 14.2. The van der Waals surface area contributed by atoms with E-state index in [1.54, 1.807) is 17.0 Å². The fourth-order valence-corrected chi connectivity index (χ4v) is 2.09. The van der Waals surface area contributed by atoms with E-state index in [1.165, 1.54) is 0 Å². The molecule has 4 heteroatoms. The van der Waals surface area contributed by atoms with E-state index in [2.05, 4.69) is 6.92 Å². The predicted octanol–water partition coefficient (Wildman–Crippen LogP) is 2.69. The zero-order valence-corrected chi connectivity index (χ0v) is 10.7. The Morgan fingerprint density at radius 2 is 2.28 bits per heavy atom. The molecule has 0 atom stereocenters. The molecule has 0 radical (unpaired) electrons. The lowest BCUT2D eigenvalue weighted by Gasteiger charge is -2.28. The van der Waals surface area contributed by atoms with E-state index in [-0.39, 0.29) is 11.8 Å². The molecule has 1 aromatic rings. The van der Waals surface area contributed by atoms with Crippen molar-refractivity contribution in [3.63, 3.8) is 0 Å². The summed E-state index contributed by atoms with van der Waals surface area (Å²) in [7, 11) is 0. The Hall–Kier alpha value is -1.71. The van der Waals surface area contributed by atoms with Crippen molar-refractivity contribution in [2.45, 2.75) is 32.7 Å². The molecule has 0 spiro atoms. The van der Waals surface area contributed by atoms with Crippen LogP contribution in [0, 0.1) is 0 Å². The van der Waals surface area contributed by atoms with Crippen LogP contribution < -0.4 is 0 Å². The summed E-state index contributed by atoms with van der Waals surface area (Å²) in [5.74, 6) is 0.285. The van der Waals surface area contributed by atoms with Crippen LogP contribution in [0.2, 0.25) is 0 Å². The highest BCUT2D eigenvalue weighted by Gasteiger charge is 2.21. The smallest absolute Gasteiger partial charge is 0.410 e. The standard InChI is InChI=1S/C14H19NO3/c1-2-3-8-18-14(17)15-7-6-11-9-13(16)5-4-12(11)10-15/h4-5,9,16H,2-3,6-8,10H2,1H3. The van der Waals surface area contributed by atoms with Gasteiger partial charge in [0.2, 0.25) is 0 Å². The van der Waals surface area contributed by atoms with E-state index in [0.717, 1.165) is 30.4 Å². The minimum absolute atomic E-state index is 0.234. The number of benzene rings is 1. The van der Waals surface area contributed by atoms with Crippen molar-refractivity contribution < 1.29 is 14.6 Å². The zero-order valence-electron chi connectivity index (χ0n) is 10.7. The van der Waals surface area contributed by atoms with Crippen molar-refractivity contribution >= 4 is 6.09 Å². The SMILES string of the molecule is CCCCOC(=O)N1CCc2cc(O)ccc2C1. The Morgan fingerprint density at radius 3 is 3.06 bits per heavy atom. The van der Waals surface area contributed by atoms with Crippen molar-refractivity contribution in [3.8, 4) is 5.75 Å². The van der Waals surface area contributed by atoms with Gasteiger partial charge in [0.15, 0.2) is 0 Å². The molecule has 0 fully saturated rings. The summed E-state index contributed by atoms with van der Waals surface area (Å²) in [5.41, 5.74) is 2.21. The molecule has 0 saturated heterocycles. The minimum atomic E-state index is -0.234. The number of hydrogen-bond donors (Lipinski definition) is 1. The zero-order chi connectivity index (χ0) is 13.0. The van der Waals surface area contributed by atoms with Crippen LogP contribution in [-0.2, 0) is 17.7 Å². The lowest BCUT2D eigenvalue weighted by atomic mass is 10.00. The van der Waals surface area contributed by atoms with Crippen LogP contribution in [0.3, 0.4) is 0 Å². The Kier molecular flexibility index (Phi) is 4.07. The molecule has 1 N–H and O–H groups in total. The van der Waals surface area contributed by atoms with E-state index in [1.807, 2.05) is 6.07 Å². The molecule has 1 heterocycles. The molecule has 4 nitrogen and oxygen atoms in total. The van der Waals surface area contributed by atoms with E-state index >= 15 is 0 Å². The second-order valence-corrected chi connectivity index (χ2v) is 4.59. The summed E-state index contributed by atoms with van der Waals surface area (Å²) >= 11 is 0. The highest BCUT2D eigenvalue weighted by atomic mass is 16.6. The first kappa shape index (κ1) is 12.7. The van der Waals surface area contributed by atoms with Gasteiger partial charge in [0.1, 0.15) is 5.75 Å². The molecule has 1 amide bonds. The third-order valence-electron chi connectivity index (χ3n) is 3.18. The first-order valence-electron chi connectivity index (χ1n) is 6.43. The molecular weight excluding hydrogens is 230 g/mol. The van der Waals surface area contributed by atoms with E-state index in [9.17, 15) is 9.90 Å². The number of hydrogen-bond acceptors (Lipinski definition) is 3. The van der Waals surface area contributed by atoms with Crippen molar-refractivity contribution in [3.05, 3.63) is 29.3 Å². The quantitative estimate of drug-likeness (QED) is 0.838. The van der Waals surface area contributed by atoms with Crippen LogP contribution in [0.25, 0.3) is 0 Å². The summed E-state index contributed by atoms with van der Waals surface area (Å²) in [6.07, 6.45) is 2.47. The molecule has 0 aromatic heterocycles. The maximum atomic E-state index is 11.8. The number of nitrogens with zero attached hydrogens (tertiary/aromatic N) is 1. The van der Waals surface area contributed by atoms with Crippen LogP contribution >= 0.6 is 0 Å². The van der Waals surface area contributed by atoms with Crippen molar-refractivity contribution in [2.24, 2.45) is 0 Å². The average molecular weight is 249 g/mol. The molecule has 0 aliphatic carbocycles. The first-order chi connectivity index (χ1) is 8.70. The van der Waals surface area contributed by atoms with Gasteiger partial charge in [-0.2, -0.15) is 0 Å². The monoisotopic (exact) mass is 249 g/mol. The average Bonchev–Trinajstić information content (AvgIpc) is 2.38. The number of amides is 1. The Labute approximate surface area is 107 Å². The molecule has 0 saturated carbocycles. The van der Waals surface area contributed by atoms with Gasteiger partial charge in [-0.25, -0.2) is 4.79 Å². The molecule has 0 bridgehead atoms. The maximum Gasteiger partial charge on any atom is 0.410 e. The fraction of sp³-hybridized carbons (Fsp3) is 0.500. The van der Waals surface area contributed by atoms with Crippen LogP contribution in [0.5, 0.6) is 5.75 Å². The van der Waals surface area contributed by atoms with Gasteiger partial charge in [0.05, 0.1) is 6.61 Å². The first-order valence-corrected chi connectivity index (χ1v) is 6.43. The summed E-state index contributed by atoms with van der Waals surface area (Å²) in [5, 5.41) is 9.40. The van der Waals surface area contributed by atoms with Crippen LogP contribution in [-0.4, -0.2) is 29.3 Å². The molecule has 18 heavy (non-hydrogen) atoms. The van der Waals surface area contributed by atoms with E-state index in [0.29, 0.717) is 19.7 Å². The van der Waals surface area contributed by atoms with Gasteiger partial charge in [-0.05, 0) is 36.1 Å². The minimum Gasteiger partial charge on any atom is -0.508 e. The van der Waals surface area contributed by atoms with Gasteiger partial charge in [-0.1, -0.05) is 19.4 Å².